The monoisotopic (exact) mass is 642 g/mol. The van der Waals surface area contributed by atoms with Gasteiger partial charge < -0.3 is 9.80 Å². The third-order valence-corrected chi connectivity index (χ3v) is 9.74. The summed E-state index contributed by atoms with van der Waals surface area (Å²) in [6.07, 6.45) is 0. The normalized spacial score (nSPS) is 11.0. The van der Waals surface area contributed by atoms with Crippen molar-refractivity contribution in [2.24, 2.45) is 0 Å². The summed E-state index contributed by atoms with van der Waals surface area (Å²) in [7, 11) is 4.25. The van der Waals surface area contributed by atoms with Crippen LogP contribution in [0, 0.1) is 0 Å². The van der Waals surface area contributed by atoms with E-state index in [1.165, 1.54) is 61.0 Å². The van der Waals surface area contributed by atoms with Gasteiger partial charge in [-0.2, -0.15) is 0 Å². The van der Waals surface area contributed by atoms with Gasteiger partial charge in [0.05, 0.1) is 0 Å². The summed E-state index contributed by atoms with van der Waals surface area (Å²) in [5, 5.41) is 2.46. The van der Waals surface area contributed by atoms with Crippen LogP contribution in [-0.2, 0) is 0 Å². The maximum absolute atomic E-state index is 2.35. The minimum absolute atomic E-state index is 1.14. The molecule has 0 amide bonds. The first-order valence-electron chi connectivity index (χ1n) is 17.1. The molecule has 0 unspecified atom stereocenters. The van der Waals surface area contributed by atoms with Crippen LogP contribution in [0.2, 0.25) is 0 Å². The first-order valence-corrected chi connectivity index (χ1v) is 17.1. The van der Waals surface area contributed by atoms with E-state index in [9.17, 15) is 0 Å². The lowest BCUT2D eigenvalue weighted by atomic mass is 9.90. The largest absolute Gasteiger partial charge is 0.345 e. The number of hydrogen-bond acceptors (Lipinski definition) is 2. The zero-order chi connectivity index (χ0) is 33.9. The first kappa shape index (κ1) is 30.9. The molecule has 0 saturated heterocycles. The van der Waals surface area contributed by atoms with Crippen molar-refractivity contribution >= 4 is 33.5 Å². The molecule has 0 atom stereocenters. The molecular weight excluding hydrogens is 605 g/mol. The number of para-hydroxylation sites is 2. The highest BCUT2D eigenvalue weighted by atomic mass is 15.1. The van der Waals surface area contributed by atoms with Crippen molar-refractivity contribution < 1.29 is 0 Å². The van der Waals surface area contributed by atoms with Gasteiger partial charge in [0, 0.05) is 36.8 Å². The van der Waals surface area contributed by atoms with Crippen molar-refractivity contribution in [1.29, 1.82) is 0 Å². The van der Waals surface area contributed by atoms with Crippen molar-refractivity contribution in [3.05, 3.63) is 194 Å². The number of benzene rings is 8. The maximum atomic E-state index is 2.35. The number of anilines is 4. The standard InChI is InChI=1S/C48H38N2/c1-49(41-16-8-4-9-17-41)43-28-25-38(26-29-43)45-20-12-15-39-33-40(27-31-47(39)45)48-34-44(50(2)42-18-10-5-11-19-42)30-32-46(48)37-23-21-36(22-24-37)35-13-6-3-7-14-35/h3-34H,1-2H3. The lowest BCUT2D eigenvalue weighted by molar-refractivity contribution is 1.21. The van der Waals surface area contributed by atoms with Crippen molar-refractivity contribution in [3.63, 3.8) is 0 Å². The second-order valence-corrected chi connectivity index (χ2v) is 12.8. The van der Waals surface area contributed by atoms with Gasteiger partial charge in [0.25, 0.3) is 0 Å². The quantitative estimate of drug-likeness (QED) is 0.163. The molecule has 240 valence electrons. The first-order chi connectivity index (χ1) is 24.6. The second kappa shape index (κ2) is 13.6. The summed E-state index contributed by atoms with van der Waals surface area (Å²) < 4.78 is 0. The highest BCUT2D eigenvalue weighted by Crippen LogP contribution is 2.40. The Morgan fingerprint density at radius 2 is 0.760 bits per heavy atom. The molecule has 0 bridgehead atoms. The lowest BCUT2D eigenvalue weighted by Crippen LogP contribution is -2.09. The topological polar surface area (TPSA) is 6.48 Å². The van der Waals surface area contributed by atoms with Crippen molar-refractivity contribution in [2.45, 2.75) is 0 Å². The van der Waals surface area contributed by atoms with E-state index >= 15 is 0 Å². The number of fused-ring (bicyclic) bond motifs is 1. The fourth-order valence-electron chi connectivity index (χ4n) is 6.87. The van der Waals surface area contributed by atoms with E-state index < -0.39 is 0 Å². The van der Waals surface area contributed by atoms with Gasteiger partial charge in [-0.25, -0.2) is 0 Å². The fourth-order valence-corrected chi connectivity index (χ4v) is 6.87. The molecule has 50 heavy (non-hydrogen) atoms. The smallest absolute Gasteiger partial charge is 0.0414 e. The van der Waals surface area contributed by atoms with Gasteiger partial charge in [0.1, 0.15) is 0 Å². The Morgan fingerprint density at radius 1 is 0.280 bits per heavy atom. The summed E-state index contributed by atoms with van der Waals surface area (Å²) in [4.78, 5) is 4.47. The predicted octanol–water partition coefficient (Wildman–Crippen LogP) is 13.0. The van der Waals surface area contributed by atoms with E-state index in [-0.39, 0.29) is 0 Å². The van der Waals surface area contributed by atoms with Crippen LogP contribution >= 0.6 is 0 Å². The Hall–Kier alpha value is -6.38. The summed E-state index contributed by atoms with van der Waals surface area (Å²) in [6.45, 7) is 0. The molecule has 0 saturated carbocycles. The lowest BCUT2D eigenvalue weighted by Gasteiger charge is -2.22. The van der Waals surface area contributed by atoms with Crippen LogP contribution in [0.3, 0.4) is 0 Å². The Balaban J connectivity index is 1.18. The third-order valence-electron chi connectivity index (χ3n) is 9.74. The zero-order valence-electron chi connectivity index (χ0n) is 28.4. The molecular formula is C48H38N2. The highest BCUT2D eigenvalue weighted by Gasteiger charge is 2.14. The number of hydrogen-bond donors (Lipinski definition) is 0. The van der Waals surface area contributed by atoms with Crippen LogP contribution in [0.5, 0.6) is 0 Å². The number of rotatable bonds is 8. The van der Waals surface area contributed by atoms with E-state index in [1.807, 2.05) is 0 Å². The second-order valence-electron chi connectivity index (χ2n) is 12.8. The van der Waals surface area contributed by atoms with Gasteiger partial charge in [-0.15, -0.1) is 0 Å². The van der Waals surface area contributed by atoms with Gasteiger partial charge in [0.15, 0.2) is 0 Å². The van der Waals surface area contributed by atoms with Crippen LogP contribution in [0.25, 0.3) is 55.3 Å². The van der Waals surface area contributed by atoms with Gasteiger partial charge in [0.2, 0.25) is 0 Å². The molecule has 2 nitrogen and oxygen atoms in total. The van der Waals surface area contributed by atoms with Gasteiger partial charge >= 0.3 is 0 Å². The summed E-state index contributed by atoms with van der Waals surface area (Å²) in [5.74, 6) is 0. The molecule has 0 N–H and O–H groups in total. The molecule has 0 heterocycles. The Labute approximate surface area is 295 Å². The fraction of sp³-hybridized carbons (Fsp3) is 0.0417. The zero-order valence-corrected chi connectivity index (χ0v) is 28.4. The van der Waals surface area contributed by atoms with Crippen molar-refractivity contribution in [3.8, 4) is 44.5 Å². The molecule has 0 radical (unpaired) electrons. The molecule has 0 aromatic heterocycles. The summed E-state index contributed by atoms with van der Waals surface area (Å²) in [6, 6.07) is 69.8. The molecule has 8 rings (SSSR count). The van der Waals surface area contributed by atoms with Crippen LogP contribution in [-0.4, -0.2) is 14.1 Å². The van der Waals surface area contributed by atoms with Crippen LogP contribution in [0.15, 0.2) is 194 Å². The molecule has 0 spiro atoms. The Kier molecular flexibility index (Phi) is 8.42. The third kappa shape index (κ3) is 6.16. The molecule has 8 aromatic carbocycles. The Bertz CT molecular complexity index is 2360. The van der Waals surface area contributed by atoms with Gasteiger partial charge in [-0.1, -0.05) is 140 Å². The average Bonchev–Trinajstić information content (AvgIpc) is 3.21. The van der Waals surface area contributed by atoms with Crippen LogP contribution < -0.4 is 9.80 Å². The van der Waals surface area contributed by atoms with E-state index in [1.54, 1.807) is 0 Å². The molecule has 0 fully saturated rings. The molecule has 0 aliphatic rings. The van der Waals surface area contributed by atoms with Crippen molar-refractivity contribution in [1.82, 2.24) is 0 Å². The summed E-state index contributed by atoms with van der Waals surface area (Å²) >= 11 is 0. The van der Waals surface area contributed by atoms with Gasteiger partial charge in [-0.05, 0) is 110 Å². The van der Waals surface area contributed by atoms with E-state index in [2.05, 4.69) is 218 Å². The molecule has 8 aromatic rings. The highest BCUT2D eigenvalue weighted by molar-refractivity contribution is 6.00. The predicted molar refractivity (Wildman–Crippen MR) is 215 cm³/mol. The molecule has 0 aliphatic carbocycles. The van der Waals surface area contributed by atoms with Gasteiger partial charge in [-0.3, -0.25) is 0 Å². The Morgan fingerprint density at radius 3 is 1.42 bits per heavy atom. The molecule has 2 heteroatoms. The molecule has 0 aliphatic heterocycles. The maximum Gasteiger partial charge on any atom is 0.0414 e. The average molecular weight is 643 g/mol. The minimum atomic E-state index is 1.14. The minimum Gasteiger partial charge on any atom is -0.345 e. The van der Waals surface area contributed by atoms with Crippen molar-refractivity contribution in [2.75, 3.05) is 23.9 Å². The SMILES string of the molecule is CN(c1ccccc1)c1ccc(-c2cccc3cc(-c4cc(N(C)c5ccccc5)ccc4-c4ccc(-c5ccccc5)cc4)ccc23)cc1. The summed E-state index contributed by atoms with van der Waals surface area (Å²) in [5.41, 5.74) is 14.3. The van der Waals surface area contributed by atoms with Crippen LogP contribution in [0.1, 0.15) is 0 Å². The van der Waals surface area contributed by atoms with Crippen LogP contribution in [0.4, 0.5) is 22.7 Å². The van der Waals surface area contributed by atoms with E-state index in [0.717, 1.165) is 17.1 Å². The van der Waals surface area contributed by atoms with E-state index in [0.29, 0.717) is 0 Å². The number of nitrogens with zero attached hydrogens (tertiary/aromatic N) is 2. The van der Waals surface area contributed by atoms with E-state index in [4.69, 9.17) is 0 Å².